The third-order valence-electron chi connectivity index (χ3n) is 2.80. The molecule has 1 heterocycles. The molecule has 16 heavy (non-hydrogen) atoms. The number of rotatable bonds is 2. The molecular formula is C12H15F2NO. The van der Waals surface area contributed by atoms with E-state index in [9.17, 15) is 8.78 Å². The fourth-order valence-corrected chi connectivity index (χ4v) is 1.97. The zero-order valence-corrected chi connectivity index (χ0v) is 9.17. The topological polar surface area (TPSA) is 21.3 Å². The lowest BCUT2D eigenvalue weighted by atomic mass is 10.0. The average Bonchev–Trinajstić information content (AvgIpc) is 2.24. The second-order valence-electron chi connectivity index (χ2n) is 4.14. The largest absolute Gasteiger partial charge is 0.378 e. The van der Waals surface area contributed by atoms with Gasteiger partial charge in [-0.25, -0.2) is 8.78 Å². The number of hydrogen-bond donors (Lipinski definition) is 1. The Morgan fingerprint density at radius 1 is 1.31 bits per heavy atom. The molecule has 0 bridgehead atoms. The lowest BCUT2D eigenvalue weighted by molar-refractivity contribution is 0.0231. The maximum absolute atomic E-state index is 13.4. The Balaban J connectivity index is 2.08. The minimum absolute atomic E-state index is 0.0263. The molecule has 1 N–H and O–H groups in total. The van der Waals surface area contributed by atoms with Crippen molar-refractivity contribution in [3.05, 3.63) is 29.8 Å². The highest BCUT2D eigenvalue weighted by Crippen LogP contribution is 2.23. The number of benzene rings is 1. The van der Waals surface area contributed by atoms with Gasteiger partial charge in [0.15, 0.2) is 0 Å². The molecule has 0 spiro atoms. The molecule has 2 atom stereocenters. The molecule has 88 valence electrons. The molecule has 0 saturated carbocycles. The molecule has 2 nitrogen and oxygen atoms in total. The minimum atomic E-state index is -0.542. The summed E-state index contributed by atoms with van der Waals surface area (Å²) >= 11 is 0. The molecule has 4 heteroatoms. The van der Waals surface area contributed by atoms with Crippen LogP contribution in [0.5, 0.6) is 0 Å². The predicted molar refractivity (Wildman–Crippen MR) is 58.4 cm³/mol. The molecule has 1 saturated heterocycles. The molecule has 2 rings (SSSR count). The van der Waals surface area contributed by atoms with Gasteiger partial charge in [0.05, 0.1) is 6.10 Å². The summed E-state index contributed by atoms with van der Waals surface area (Å²) in [5, 5.41) is 2.92. The van der Waals surface area contributed by atoms with Crippen molar-refractivity contribution < 1.29 is 13.5 Å². The van der Waals surface area contributed by atoms with Crippen LogP contribution in [-0.4, -0.2) is 18.8 Å². The van der Waals surface area contributed by atoms with Crippen molar-refractivity contribution in [3.8, 4) is 0 Å². The van der Waals surface area contributed by atoms with Gasteiger partial charge in [-0.15, -0.1) is 0 Å². The van der Waals surface area contributed by atoms with E-state index in [0.29, 0.717) is 6.61 Å². The SMILES string of the molecule is CC1CC(Nc2c(F)cccc2F)CCO1. The number of anilines is 1. The first-order valence-electron chi connectivity index (χ1n) is 5.49. The van der Waals surface area contributed by atoms with E-state index < -0.39 is 11.6 Å². The summed E-state index contributed by atoms with van der Waals surface area (Å²) in [7, 11) is 0. The van der Waals surface area contributed by atoms with E-state index in [2.05, 4.69) is 5.32 Å². The molecular weight excluding hydrogens is 212 g/mol. The lowest BCUT2D eigenvalue weighted by Crippen LogP contribution is -2.33. The van der Waals surface area contributed by atoms with Crippen LogP contribution in [0.1, 0.15) is 19.8 Å². The van der Waals surface area contributed by atoms with Crippen LogP contribution in [0.15, 0.2) is 18.2 Å². The molecule has 2 unspecified atom stereocenters. The summed E-state index contributed by atoms with van der Waals surface area (Å²) in [6.45, 7) is 2.60. The van der Waals surface area contributed by atoms with Crippen LogP contribution >= 0.6 is 0 Å². The van der Waals surface area contributed by atoms with Crippen molar-refractivity contribution in [3.63, 3.8) is 0 Å². The molecule has 1 fully saturated rings. The Morgan fingerprint density at radius 3 is 2.62 bits per heavy atom. The summed E-state index contributed by atoms with van der Waals surface area (Å²) in [5.74, 6) is -1.08. The van der Waals surface area contributed by atoms with Crippen molar-refractivity contribution in [1.29, 1.82) is 0 Å². The van der Waals surface area contributed by atoms with Crippen molar-refractivity contribution >= 4 is 5.69 Å². The molecule has 1 aromatic carbocycles. The van der Waals surface area contributed by atoms with Crippen molar-refractivity contribution in [1.82, 2.24) is 0 Å². The molecule has 0 aromatic heterocycles. The van der Waals surface area contributed by atoms with Crippen LogP contribution in [0.25, 0.3) is 0 Å². The molecule has 0 amide bonds. The van der Waals surface area contributed by atoms with Gasteiger partial charge in [-0.2, -0.15) is 0 Å². The van der Waals surface area contributed by atoms with Crippen LogP contribution in [0.4, 0.5) is 14.5 Å². The van der Waals surface area contributed by atoms with Crippen molar-refractivity contribution in [2.24, 2.45) is 0 Å². The van der Waals surface area contributed by atoms with E-state index in [0.717, 1.165) is 12.8 Å². The number of ether oxygens (including phenoxy) is 1. The molecule has 1 aliphatic rings. The lowest BCUT2D eigenvalue weighted by Gasteiger charge is -2.28. The minimum Gasteiger partial charge on any atom is -0.378 e. The Hall–Kier alpha value is -1.16. The van der Waals surface area contributed by atoms with Gasteiger partial charge in [-0.3, -0.25) is 0 Å². The van der Waals surface area contributed by atoms with Gasteiger partial charge in [0.25, 0.3) is 0 Å². The third kappa shape index (κ3) is 2.50. The normalized spacial score (nSPS) is 25.4. The molecule has 1 aromatic rings. The summed E-state index contributed by atoms with van der Waals surface area (Å²) in [6.07, 6.45) is 1.69. The smallest absolute Gasteiger partial charge is 0.149 e. The van der Waals surface area contributed by atoms with Gasteiger partial charge in [-0.05, 0) is 31.9 Å². The zero-order chi connectivity index (χ0) is 11.5. The average molecular weight is 227 g/mol. The number of nitrogens with one attached hydrogen (secondary N) is 1. The van der Waals surface area contributed by atoms with Gasteiger partial charge in [0.2, 0.25) is 0 Å². The molecule has 0 radical (unpaired) electrons. The maximum Gasteiger partial charge on any atom is 0.149 e. The van der Waals surface area contributed by atoms with E-state index in [1.54, 1.807) is 0 Å². The van der Waals surface area contributed by atoms with Gasteiger partial charge in [0.1, 0.15) is 17.3 Å². The van der Waals surface area contributed by atoms with Gasteiger partial charge in [0, 0.05) is 12.6 Å². The molecule has 1 aliphatic heterocycles. The first-order valence-corrected chi connectivity index (χ1v) is 5.49. The van der Waals surface area contributed by atoms with E-state index in [4.69, 9.17) is 4.74 Å². The van der Waals surface area contributed by atoms with E-state index in [-0.39, 0.29) is 17.8 Å². The van der Waals surface area contributed by atoms with Crippen molar-refractivity contribution in [2.75, 3.05) is 11.9 Å². The first-order chi connectivity index (χ1) is 7.66. The predicted octanol–water partition coefficient (Wildman–Crippen LogP) is 2.94. The summed E-state index contributed by atoms with van der Waals surface area (Å²) in [4.78, 5) is 0. The first kappa shape index (κ1) is 11.3. The number of hydrogen-bond acceptors (Lipinski definition) is 2. The number of halogens is 2. The highest BCUT2D eigenvalue weighted by Gasteiger charge is 2.21. The highest BCUT2D eigenvalue weighted by molar-refractivity contribution is 5.46. The van der Waals surface area contributed by atoms with Crippen LogP contribution < -0.4 is 5.32 Å². The Bertz CT molecular complexity index is 350. The van der Waals surface area contributed by atoms with E-state index in [1.165, 1.54) is 18.2 Å². The summed E-state index contributed by atoms with van der Waals surface area (Å²) in [6, 6.07) is 3.96. The second kappa shape index (κ2) is 4.78. The Kier molecular flexibility index (Phi) is 3.39. The van der Waals surface area contributed by atoms with Crippen LogP contribution in [-0.2, 0) is 4.74 Å². The zero-order valence-electron chi connectivity index (χ0n) is 9.17. The fraction of sp³-hybridized carbons (Fsp3) is 0.500. The molecule has 0 aliphatic carbocycles. The Labute approximate surface area is 93.6 Å². The number of para-hydroxylation sites is 1. The van der Waals surface area contributed by atoms with Crippen LogP contribution in [0, 0.1) is 11.6 Å². The van der Waals surface area contributed by atoms with Gasteiger partial charge < -0.3 is 10.1 Å². The third-order valence-corrected chi connectivity index (χ3v) is 2.80. The van der Waals surface area contributed by atoms with E-state index in [1.807, 2.05) is 6.92 Å². The highest BCUT2D eigenvalue weighted by atomic mass is 19.1. The second-order valence-corrected chi connectivity index (χ2v) is 4.14. The quantitative estimate of drug-likeness (QED) is 0.838. The van der Waals surface area contributed by atoms with Crippen LogP contribution in [0.2, 0.25) is 0 Å². The Morgan fingerprint density at radius 2 is 2.00 bits per heavy atom. The van der Waals surface area contributed by atoms with E-state index >= 15 is 0 Å². The van der Waals surface area contributed by atoms with Crippen molar-refractivity contribution in [2.45, 2.75) is 31.9 Å². The fourth-order valence-electron chi connectivity index (χ4n) is 1.97. The van der Waals surface area contributed by atoms with Gasteiger partial charge in [-0.1, -0.05) is 6.07 Å². The monoisotopic (exact) mass is 227 g/mol. The maximum atomic E-state index is 13.4. The van der Waals surface area contributed by atoms with Gasteiger partial charge >= 0.3 is 0 Å². The summed E-state index contributed by atoms with van der Waals surface area (Å²) < 4.78 is 32.1. The standard InChI is InChI=1S/C12H15F2NO/c1-8-7-9(5-6-16-8)15-12-10(13)3-2-4-11(12)14/h2-4,8-9,15H,5-7H2,1H3. The van der Waals surface area contributed by atoms with Crippen LogP contribution in [0.3, 0.4) is 0 Å². The summed E-state index contributed by atoms with van der Waals surface area (Å²) in [5.41, 5.74) is -0.0263.